The number of hydrogen-bond donors (Lipinski definition) is 1. The molecule has 2 aromatic rings. The molecule has 1 aliphatic rings. The summed E-state index contributed by atoms with van der Waals surface area (Å²) in [6, 6.07) is 1.67. The number of halogens is 1. The Kier molecular flexibility index (Phi) is 4.19. The number of nitrogens with zero attached hydrogens (tertiary/aromatic N) is 5. The van der Waals surface area contributed by atoms with Gasteiger partial charge in [-0.1, -0.05) is 16.8 Å². The van der Waals surface area contributed by atoms with Gasteiger partial charge in [0, 0.05) is 12.0 Å². The summed E-state index contributed by atoms with van der Waals surface area (Å²) >= 11 is 6.01. The van der Waals surface area contributed by atoms with E-state index >= 15 is 0 Å². The molecule has 0 atom stereocenters. The maximum atomic E-state index is 11.2. The summed E-state index contributed by atoms with van der Waals surface area (Å²) in [5, 5.41) is 11.4. The van der Waals surface area contributed by atoms with Crippen LogP contribution in [0, 0.1) is 0 Å². The second kappa shape index (κ2) is 6.27. The van der Waals surface area contributed by atoms with Crippen molar-refractivity contribution in [3.63, 3.8) is 0 Å². The lowest BCUT2D eigenvalue weighted by Gasteiger charge is -2.05. The van der Waals surface area contributed by atoms with E-state index in [1.165, 1.54) is 11.8 Å². The fourth-order valence-electron chi connectivity index (χ4n) is 1.92. The molecule has 22 heavy (non-hydrogen) atoms. The van der Waals surface area contributed by atoms with Gasteiger partial charge in [0.2, 0.25) is 0 Å². The van der Waals surface area contributed by atoms with Crippen LogP contribution in [-0.2, 0) is 22.6 Å². The molecule has 0 saturated heterocycles. The van der Waals surface area contributed by atoms with E-state index in [9.17, 15) is 4.79 Å². The first-order chi connectivity index (χ1) is 10.6. The molecule has 2 aromatic heterocycles. The first kappa shape index (κ1) is 14.7. The summed E-state index contributed by atoms with van der Waals surface area (Å²) in [5.74, 6) is 1.50. The van der Waals surface area contributed by atoms with Gasteiger partial charge in [-0.05, 0) is 12.8 Å². The lowest BCUT2D eigenvalue weighted by Crippen LogP contribution is -2.11. The van der Waals surface area contributed by atoms with Crippen molar-refractivity contribution in [3.05, 3.63) is 28.9 Å². The maximum absolute atomic E-state index is 11.2. The molecule has 1 fully saturated rings. The maximum Gasteiger partial charge on any atom is 0.327 e. The third-order valence-electron chi connectivity index (χ3n) is 3.21. The molecule has 2 heterocycles. The van der Waals surface area contributed by atoms with Crippen LogP contribution in [0.4, 0.5) is 5.82 Å². The Morgan fingerprint density at radius 3 is 3.05 bits per heavy atom. The normalized spacial score (nSPS) is 13.9. The number of ether oxygens (including phenoxy) is 1. The largest absolute Gasteiger partial charge is 0.468 e. The molecule has 1 saturated carbocycles. The number of carbonyl (C=O) groups excluding carboxylic acids is 1. The number of esters is 1. The fourth-order valence-corrected chi connectivity index (χ4v) is 2.11. The van der Waals surface area contributed by atoms with Crippen molar-refractivity contribution in [2.45, 2.75) is 31.8 Å². The van der Waals surface area contributed by atoms with E-state index in [2.05, 4.69) is 30.3 Å². The van der Waals surface area contributed by atoms with Crippen LogP contribution in [0.5, 0.6) is 0 Å². The molecule has 9 heteroatoms. The van der Waals surface area contributed by atoms with E-state index < -0.39 is 0 Å². The quantitative estimate of drug-likeness (QED) is 0.634. The van der Waals surface area contributed by atoms with Gasteiger partial charge < -0.3 is 10.1 Å². The Morgan fingerprint density at radius 1 is 1.50 bits per heavy atom. The molecule has 0 radical (unpaired) electrons. The average Bonchev–Trinajstić information content (AvgIpc) is 3.26. The highest BCUT2D eigenvalue weighted by Gasteiger charge is 2.27. The Labute approximate surface area is 131 Å². The Bertz CT molecular complexity index is 685. The molecule has 116 valence electrons. The summed E-state index contributed by atoms with van der Waals surface area (Å²) in [6.07, 6.45) is 3.90. The van der Waals surface area contributed by atoms with E-state index in [-0.39, 0.29) is 12.5 Å². The lowest BCUT2D eigenvalue weighted by atomic mass is 10.4. The van der Waals surface area contributed by atoms with Crippen molar-refractivity contribution >= 4 is 23.4 Å². The van der Waals surface area contributed by atoms with Crippen molar-refractivity contribution in [1.29, 1.82) is 0 Å². The zero-order valence-electron chi connectivity index (χ0n) is 12.0. The van der Waals surface area contributed by atoms with Crippen LogP contribution in [0.3, 0.4) is 0 Å². The number of rotatable bonds is 6. The zero-order valence-corrected chi connectivity index (χ0v) is 12.7. The van der Waals surface area contributed by atoms with Crippen molar-refractivity contribution in [1.82, 2.24) is 25.0 Å². The lowest BCUT2D eigenvalue weighted by molar-refractivity contribution is -0.141. The van der Waals surface area contributed by atoms with Gasteiger partial charge in [-0.2, -0.15) is 0 Å². The van der Waals surface area contributed by atoms with Gasteiger partial charge in [-0.3, -0.25) is 4.79 Å². The van der Waals surface area contributed by atoms with Crippen molar-refractivity contribution in [3.8, 4) is 0 Å². The minimum Gasteiger partial charge on any atom is -0.468 e. The standard InChI is InChI=1S/C13H15ClN6O2/c1-22-12(21)7-20-6-9(18-19-20)5-15-11-4-10(14)16-13(17-11)8-2-3-8/h4,6,8H,2-3,5,7H2,1H3,(H,15,16,17). The summed E-state index contributed by atoms with van der Waals surface area (Å²) in [4.78, 5) is 19.8. The van der Waals surface area contributed by atoms with Crippen molar-refractivity contribution in [2.75, 3.05) is 12.4 Å². The summed E-state index contributed by atoms with van der Waals surface area (Å²) in [5.41, 5.74) is 0.687. The van der Waals surface area contributed by atoms with Gasteiger partial charge in [0.15, 0.2) is 0 Å². The van der Waals surface area contributed by atoms with E-state index in [1.807, 2.05) is 0 Å². The van der Waals surface area contributed by atoms with Gasteiger partial charge >= 0.3 is 5.97 Å². The minimum absolute atomic E-state index is 0.0364. The topological polar surface area (TPSA) is 94.8 Å². The molecule has 1 N–H and O–H groups in total. The molecule has 3 rings (SSSR count). The Morgan fingerprint density at radius 2 is 2.32 bits per heavy atom. The highest BCUT2D eigenvalue weighted by molar-refractivity contribution is 6.29. The van der Waals surface area contributed by atoms with Crippen molar-refractivity contribution in [2.24, 2.45) is 0 Å². The van der Waals surface area contributed by atoms with Gasteiger partial charge in [-0.25, -0.2) is 14.6 Å². The molecule has 8 nitrogen and oxygen atoms in total. The van der Waals surface area contributed by atoms with Crippen LogP contribution in [0.1, 0.15) is 30.3 Å². The van der Waals surface area contributed by atoms with Gasteiger partial charge in [-0.15, -0.1) is 5.10 Å². The van der Waals surface area contributed by atoms with Crippen LogP contribution in [0.2, 0.25) is 5.15 Å². The summed E-state index contributed by atoms with van der Waals surface area (Å²) in [7, 11) is 1.33. The minimum atomic E-state index is -0.374. The third-order valence-corrected chi connectivity index (χ3v) is 3.40. The Balaban J connectivity index is 1.61. The molecule has 0 aromatic carbocycles. The van der Waals surface area contributed by atoms with Crippen LogP contribution in [0.15, 0.2) is 12.3 Å². The summed E-state index contributed by atoms with van der Waals surface area (Å²) < 4.78 is 5.99. The van der Waals surface area contributed by atoms with E-state index in [4.69, 9.17) is 11.6 Å². The van der Waals surface area contributed by atoms with Crippen LogP contribution in [-0.4, -0.2) is 38.0 Å². The second-order valence-corrected chi connectivity index (χ2v) is 5.43. The number of hydrogen-bond acceptors (Lipinski definition) is 7. The molecule has 0 bridgehead atoms. The fraction of sp³-hybridized carbons (Fsp3) is 0.462. The van der Waals surface area contributed by atoms with E-state index in [0.717, 1.165) is 18.7 Å². The second-order valence-electron chi connectivity index (χ2n) is 5.05. The molecule has 1 aliphatic carbocycles. The molecule has 0 amide bonds. The van der Waals surface area contributed by atoms with Gasteiger partial charge in [0.25, 0.3) is 0 Å². The van der Waals surface area contributed by atoms with E-state index in [1.54, 1.807) is 12.3 Å². The van der Waals surface area contributed by atoms with Crippen LogP contribution < -0.4 is 5.32 Å². The number of methoxy groups -OCH3 is 1. The SMILES string of the molecule is COC(=O)Cn1cc(CNc2cc(Cl)nc(C3CC3)n2)nn1. The summed E-state index contributed by atoms with van der Waals surface area (Å²) in [6.45, 7) is 0.466. The first-order valence-corrected chi connectivity index (χ1v) is 7.26. The average molecular weight is 323 g/mol. The zero-order chi connectivity index (χ0) is 15.5. The molecule has 0 unspecified atom stereocenters. The number of aromatic nitrogens is 5. The molecular weight excluding hydrogens is 308 g/mol. The predicted molar refractivity (Wildman–Crippen MR) is 78.4 cm³/mol. The monoisotopic (exact) mass is 322 g/mol. The first-order valence-electron chi connectivity index (χ1n) is 6.88. The van der Waals surface area contributed by atoms with Crippen LogP contribution in [0.25, 0.3) is 0 Å². The van der Waals surface area contributed by atoms with Crippen LogP contribution >= 0.6 is 11.6 Å². The predicted octanol–water partition coefficient (Wildman–Crippen LogP) is 1.38. The van der Waals surface area contributed by atoms with Gasteiger partial charge in [0.1, 0.15) is 29.0 Å². The number of nitrogens with one attached hydrogen (secondary N) is 1. The molecular formula is C13H15ClN6O2. The smallest absolute Gasteiger partial charge is 0.327 e. The van der Waals surface area contributed by atoms with Gasteiger partial charge in [0.05, 0.1) is 19.9 Å². The highest BCUT2D eigenvalue weighted by atomic mass is 35.5. The molecule has 0 aliphatic heterocycles. The molecule has 0 spiro atoms. The van der Waals surface area contributed by atoms with Crippen molar-refractivity contribution < 1.29 is 9.53 Å². The van der Waals surface area contributed by atoms with E-state index in [0.29, 0.717) is 29.1 Å². The third kappa shape index (κ3) is 3.70. The highest BCUT2D eigenvalue weighted by Crippen LogP contribution is 2.38. The number of anilines is 1. The number of carbonyl (C=O) groups is 1. The Hall–Kier alpha value is -2.22.